The van der Waals surface area contributed by atoms with Gasteiger partial charge in [-0.15, -0.1) is 12.4 Å². The smallest absolute Gasteiger partial charge is 0.260 e. The summed E-state index contributed by atoms with van der Waals surface area (Å²) in [5, 5.41) is 7.15. The van der Waals surface area contributed by atoms with Crippen molar-refractivity contribution in [2.75, 3.05) is 13.1 Å². The van der Waals surface area contributed by atoms with Crippen LogP contribution in [0.3, 0.4) is 0 Å². The maximum absolute atomic E-state index is 13.6. The molecular weight excluding hydrogens is 288 g/mol. The molecule has 2 aromatic rings. The van der Waals surface area contributed by atoms with Crippen molar-refractivity contribution in [2.24, 2.45) is 0 Å². The van der Waals surface area contributed by atoms with Gasteiger partial charge in [0.1, 0.15) is 11.6 Å². The number of rotatable bonds is 2. The van der Waals surface area contributed by atoms with Gasteiger partial charge in [-0.3, -0.25) is 0 Å². The van der Waals surface area contributed by atoms with Crippen molar-refractivity contribution in [1.29, 1.82) is 0 Å². The maximum Gasteiger partial charge on any atom is 0.260 e. The number of halogens is 3. The molecule has 1 saturated heterocycles. The maximum atomic E-state index is 13.6. The molecule has 1 N–H and O–H groups in total. The molecule has 1 aromatic carbocycles. The first-order valence-corrected chi connectivity index (χ1v) is 6.24. The highest BCUT2D eigenvalue weighted by atomic mass is 35.5. The number of nitrogens with zero attached hydrogens (tertiary/aromatic N) is 2. The van der Waals surface area contributed by atoms with Crippen molar-refractivity contribution in [3.63, 3.8) is 0 Å². The Bertz CT molecular complexity index is 585. The Labute approximate surface area is 121 Å². The molecule has 0 bridgehead atoms. The van der Waals surface area contributed by atoms with Gasteiger partial charge in [-0.1, -0.05) is 5.16 Å². The standard InChI is InChI=1S/C13H13F2N3O.ClH/c14-9-3-4-10(11(15)6-9)13-17-12(18-19-13)8-2-1-5-16-7-8;/h3-4,6,8,16H,1-2,5,7H2;1H. The van der Waals surface area contributed by atoms with E-state index >= 15 is 0 Å². The lowest BCUT2D eigenvalue weighted by molar-refractivity contribution is 0.392. The Balaban J connectivity index is 0.00000147. The Morgan fingerprint density at radius 2 is 2.15 bits per heavy atom. The van der Waals surface area contributed by atoms with Crippen LogP contribution in [0.1, 0.15) is 24.6 Å². The van der Waals surface area contributed by atoms with Gasteiger partial charge in [0.25, 0.3) is 5.89 Å². The Morgan fingerprint density at radius 3 is 2.85 bits per heavy atom. The fourth-order valence-electron chi connectivity index (χ4n) is 2.25. The van der Waals surface area contributed by atoms with Gasteiger partial charge in [-0.25, -0.2) is 8.78 Å². The molecule has 2 heterocycles. The second-order valence-corrected chi connectivity index (χ2v) is 4.63. The molecular formula is C13H14ClF2N3O. The molecule has 3 rings (SSSR count). The van der Waals surface area contributed by atoms with E-state index in [1.54, 1.807) is 0 Å². The van der Waals surface area contributed by atoms with Crippen LogP contribution in [0.2, 0.25) is 0 Å². The van der Waals surface area contributed by atoms with Gasteiger partial charge >= 0.3 is 0 Å². The van der Waals surface area contributed by atoms with Crippen molar-refractivity contribution in [3.8, 4) is 11.5 Å². The van der Waals surface area contributed by atoms with Gasteiger partial charge in [-0.05, 0) is 31.5 Å². The van der Waals surface area contributed by atoms with Crippen LogP contribution in [0.4, 0.5) is 8.78 Å². The zero-order valence-corrected chi connectivity index (χ0v) is 11.4. The first-order valence-electron chi connectivity index (χ1n) is 6.24. The molecule has 1 unspecified atom stereocenters. The largest absolute Gasteiger partial charge is 0.334 e. The monoisotopic (exact) mass is 301 g/mol. The molecule has 1 aliphatic heterocycles. The summed E-state index contributed by atoms with van der Waals surface area (Å²) in [5.74, 6) is -0.465. The quantitative estimate of drug-likeness (QED) is 0.926. The van der Waals surface area contributed by atoms with Crippen molar-refractivity contribution in [3.05, 3.63) is 35.7 Å². The average molecular weight is 302 g/mol. The van der Waals surface area contributed by atoms with Crippen LogP contribution >= 0.6 is 12.4 Å². The molecule has 1 atom stereocenters. The average Bonchev–Trinajstić information content (AvgIpc) is 2.89. The second kappa shape index (κ2) is 6.28. The molecule has 0 amide bonds. The first kappa shape index (κ1) is 14.9. The molecule has 1 aliphatic rings. The topological polar surface area (TPSA) is 51.0 Å². The van der Waals surface area contributed by atoms with Crippen LogP contribution in [0.15, 0.2) is 22.7 Å². The lowest BCUT2D eigenvalue weighted by Crippen LogP contribution is -2.28. The summed E-state index contributed by atoms with van der Waals surface area (Å²) in [6, 6.07) is 3.28. The van der Waals surface area contributed by atoms with Gasteiger partial charge in [-0.2, -0.15) is 4.98 Å². The first-order chi connectivity index (χ1) is 9.24. The molecule has 0 radical (unpaired) electrons. The number of aromatic nitrogens is 2. The molecule has 1 fully saturated rings. The van der Waals surface area contributed by atoms with Gasteiger partial charge in [0.05, 0.1) is 5.56 Å². The van der Waals surface area contributed by atoms with E-state index in [0.717, 1.165) is 32.0 Å². The van der Waals surface area contributed by atoms with E-state index in [0.29, 0.717) is 5.82 Å². The fourth-order valence-corrected chi connectivity index (χ4v) is 2.25. The van der Waals surface area contributed by atoms with E-state index in [1.165, 1.54) is 12.1 Å². The minimum Gasteiger partial charge on any atom is -0.334 e. The van der Waals surface area contributed by atoms with Crippen molar-refractivity contribution >= 4 is 12.4 Å². The van der Waals surface area contributed by atoms with E-state index in [-0.39, 0.29) is 29.8 Å². The zero-order valence-electron chi connectivity index (χ0n) is 10.6. The fraction of sp³-hybridized carbons (Fsp3) is 0.385. The third-order valence-electron chi connectivity index (χ3n) is 3.27. The highest BCUT2D eigenvalue weighted by Crippen LogP contribution is 2.26. The second-order valence-electron chi connectivity index (χ2n) is 4.63. The molecule has 0 saturated carbocycles. The third kappa shape index (κ3) is 2.96. The summed E-state index contributed by atoms with van der Waals surface area (Å²) in [6.45, 7) is 1.79. The lowest BCUT2D eigenvalue weighted by Gasteiger charge is -2.19. The van der Waals surface area contributed by atoms with Crippen LogP contribution in [-0.4, -0.2) is 23.2 Å². The number of piperidine rings is 1. The predicted octanol–water partition coefficient (Wildman–Crippen LogP) is 2.90. The van der Waals surface area contributed by atoms with E-state index in [4.69, 9.17) is 4.52 Å². The van der Waals surface area contributed by atoms with Crippen molar-refractivity contribution < 1.29 is 13.3 Å². The minimum absolute atomic E-state index is 0. The Kier molecular flexibility index (Phi) is 4.67. The van der Waals surface area contributed by atoms with Crippen LogP contribution in [-0.2, 0) is 0 Å². The highest BCUT2D eigenvalue weighted by Gasteiger charge is 2.22. The molecule has 20 heavy (non-hydrogen) atoms. The predicted molar refractivity (Wildman–Crippen MR) is 71.7 cm³/mol. The summed E-state index contributed by atoms with van der Waals surface area (Å²) in [5.41, 5.74) is 0.129. The van der Waals surface area contributed by atoms with Crippen LogP contribution in [0.25, 0.3) is 11.5 Å². The SMILES string of the molecule is Cl.Fc1ccc(-c2nc(C3CCCNC3)no2)c(F)c1. The van der Waals surface area contributed by atoms with Crippen LogP contribution in [0.5, 0.6) is 0 Å². The Morgan fingerprint density at radius 1 is 1.30 bits per heavy atom. The zero-order chi connectivity index (χ0) is 13.2. The summed E-state index contributed by atoms with van der Waals surface area (Å²) >= 11 is 0. The number of hydrogen-bond acceptors (Lipinski definition) is 4. The van der Waals surface area contributed by atoms with Crippen LogP contribution in [0, 0.1) is 11.6 Å². The summed E-state index contributed by atoms with van der Waals surface area (Å²) in [6.07, 6.45) is 2.04. The molecule has 1 aromatic heterocycles. The van der Waals surface area contributed by atoms with E-state index < -0.39 is 11.6 Å². The summed E-state index contributed by atoms with van der Waals surface area (Å²) in [4.78, 5) is 4.21. The third-order valence-corrected chi connectivity index (χ3v) is 3.27. The van der Waals surface area contributed by atoms with E-state index in [1.807, 2.05) is 0 Å². The van der Waals surface area contributed by atoms with Gasteiger partial charge < -0.3 is 9.84 Å². The van der Waals surface area contributed by atoms with Gasteiger partial charge in [0, 0.05) is 18.5 Å². The molecule has 7 heteroatoms. The lowest BCUT2D eigenvalue weighted by atomic mass is 9.99. The molecule has 0 aliphatic carbocycles. The number of nitrogens with one attached hydrogen (secondary N) is 1. The van der Waals surface area contributed by atoms with Crippen molar-refractivity contribution in [1.82, 2.24) is 15.5 Å². The van der Waals surface area contributed by atoms with Crippen molar-refractivity contribution in [2.45, 2.75) is 18.8 Å². The number of benzene rings is 1. The Hall–Kier alpha value is -1.53. The minimum atomic E-state index is -0.697. The van der Waals surface area contributed by atoms with E-state index in [2.05, 4.69) is 15.5 Å². The van der Waals surface area contributed by atoms with E-state index in [9.17, 15) is 8.78 Å². The number of hydrogen-bond donors (Lipinski definition) is 1. The van der Waals surface area contributed by atoms with Gasteiger partial charge in [0.2, 0.25) is 0 Å². The summed E-state index contributed by atoms with van der Waals surface area (Å²) in [7, 11) is 0. The molecule has 0 spiro atoms. The van der Waals surface area contributed by atoms with Crippen LogP contribution < -0.4 is 5.32 Å². The highest BCUT2D eigenvalue weighted by molar-refractivity contribution is 5.85. The van der Waals surface area contributed by atoms with Gasteiger partial charge in [0.15, 0.2) is 5.82 Å². The summed E-state index contributed by atoms with van der Waals surface area (Å²) < 4.78 is 31.5. The normalized spacial score (nSPS) is 18.6. The molecule has 108 valence electrons. The molecule has 4 nitrogen and oxygen atoms in total.